The number of nitrogens with zero attached hydrogens (tertiary/aromatic N) is 4. The van der Waals surface area contributed by atoms with Gasteiger partial charge in [-0.1, -0.05) is 13.8 Å². The summed E-state index contributed by atoms with van der Waals surface area (Å²) in [6.07, 6.45) is 9.15. The second-order valence-corrected chi connectivity index (χ2v) is 4.56. The highest BCUT2D eigenvalue weighted by molar-refractivity contribution is 5.57. The highest BCUT2D eigenvalue weighted by atomic mass is 15.1. The molecule has 0 aliphatic carbocycles. The molecule has 0 radical (unpaired) electrons. The zero-order chi connectivity index (χ0) is 14.2. The predicted octanol–water partition coefficient (Wildman–Crippen LogP) is 2.17. The van der Waals surface area contributed by atoms with Crippen LogP contribution in [-0.2, 0) is 13.0 Å². The molecule has 0 spiro atoms. The van der Waals surface area contributed by atoms with Crippen molar-refractivity contribution in [3.8, 4) is 0 Å². The third kappa shape index (κ3) is 3.69. The Balaban J connectivity index is 1.99. The first-order valence-electron chi connectivity index (χ1n) is 7.12. The molecule has 0 aromatic carbocycles. The van der Waals surface area contributed by atoms with Crippen LogP contribution < -0.4 is 10.6 Å². The van der Waals surface area contributed by atoms with Crippen molar-refractivity contribution in [2.45, 2.75) is 33.2 Å². The Bertz CT molecular complexity index is 508. The molecule has 20 heavy (non-hydrogen) atoms. The molecular weight excluding hydrogens is 252 g/mol. The number of aromatic nitrogens is 4. The highest BCUT2D eigenvalue weighted by Gasteiger charge is 2.08. The predicted molar refractivity (Wildman–Crippen MR) is 80.9 cm³/mol. The molecule has 2 aromatic heterocycles. The molecule has 2 heterocycles. The molecule has 0 aliphatic heterocycles. The topological polar surface area (TPSA) is 67.7 Å². The molecule has 0 atom stereocenters. The largest absolute Gasteiger partial charge is 0.370 e. The zero-order valence-electron chi connectivity index (χ0n) is 12.1. The first-order chi connectivity index (χ1) is 9.85. The number of hydrogen-bond acceptors (Lipinski definition) is 5. The van der Waals surface area contributed by atoms with Crippen LogP contribution in [0.1, 0.15) is 25.8 Å². The zero-order valence-corrected chi connectivity index (χ0v) is 12.1. The average Bonchev–Trinajstić information content (AvgIpc) is 2.98. The van der Waals surface area contributed by atoms with E-state index in [2.05, 4.69) is 39.4 Å². The lowest BCUT2D eigenvalue weighted by molar-refractivity contribution is 0.724. The Morgan fingerprint density at radius 2 is 1.85 bits per heavy atom. The maximum Gasteiger partial charge on any atom is 0.134 e. The van der Waals surface area contributed by atoms with Crippen LogP contribution in [-0.4, -0.2) is 32.6 Å². The number of anilines is 2. The smallest absolute Gasteiger partial charge is 0.134 e. The highest BCUT2D eigenvalue weighted by Crippen LogP contribution is 2.20. The summed E-state index contributed by atoms with van der Waals surface area (Å²) in [6, 6.07) is 0. The van der Waals surface area contributed by atoms with Gasteiger partial charge in [0.15, 0.2) is 0 Å². The van der Waals surface area contributed by atoms with E-state index in [0.29, 0.717) is 0 Å². The third-order valence-corrected chi connectivity index (χ3v) is 3.06. The van der Waals surface area contributed by atoms with Crippen molar-refractivity contribution in [1.82, 2.24) is 19.5 Å². The Labute approximate surface area is 119 Å². The van der Waals surface area contributed by atoms with E-state index >= 15 is 0 Å². The number of hydrogen-bond donors (Lipinski definition) is 2. The normalized spacial score (nSPS) is 10.5. The molecule has 0 fully saturated rings. The minimum Gasteiger partial charge on any atom is -0.370 e. The van der Waals surface area contributed by atoms with E-state index in [1.54, 1.807) is 12.5 Å². The summed E-state index contributed by atoms with van der Waals surface area (Å²) < 4.78 is 2.04. The fraction of sp³-hybridized carbons (Fsp3) is 0.500. The maximum absolute atomic E-state index is 4.35. The van der Waals surface area contributed by atoms with Crippen molar-refractivity contribution < 1.29 is 0 Å². The van der Waals surface area contributed by atoms with Crippen molar-refractivity contribution in [3.05, 3.63) is 30.6 Å². The molecule has 2 N–H and O–H groups in total. The van der Waals surface area contributed by atoms with Gasteiger partial charge in [-0.25, -0.2) is 15.0 Å². The van der Waals surface area contributed by atoms with Gasteiger partial charge in [-0.3, -0.25) is 0 Å². The number of imidazole rings is 1. The Hall–Kier alpha value is -2.11. The van der Waals surface area contributed by atoms with Gasteiger partial charge < -0.3 is 15.2 Å². The summed E-state index contributed by atoms with van der Waals surface area (Å²) in [4.78, 5) is 12.7. The lowest BCUT2D eigenvalue weighted by Crippen LogP contribution is -2.14. The number of nitrogens with one attached hydrogen (secondary N) is 2. The molecule has 0 bridgehead atoms. The molecule has 6 nitrogen and oxygen atoms in total. The quantitative estimate of drug-likeness (QED) is 0.772. The van der Waals surface area contributed by atoms with E-state index in [4.69, 9.17) is 0 Å². The van der Waals surface area contributed by atoms with Crippen molar-refractivity contribution >= 4 is 11.6 Å². The SMILES string of the molecule is CCCNc1ncnc(NCCn2ccnc2)c1CC. The lowest BCUT2D eigenvalue weighted by Gasteiger charge is -2.14. The number of rotatable bonds is 8. The molecule has 108 valence electrons. The van der Waals surface area contributed by atoms with Crippen LogP contribution in [0.15, 0.2) is 25.0 Å². The Morgan fingerprint density at radius 1 is 1.10 bits per heavy atom. The summed E-state index contributed by atoms with van der Waals surface area (Å²) in [5.74, 6) is 1.86. The lowest BCUT2D eigenvalue weighted by atomic mass is 10.2. The van der Waals surface area contributed by atoms with Crippen LogP contribution in [0.2, 0.25) is 0 Å². The van der Waals surface area contributed by atoms with E-state index in [1.807, 2.05) is 17.1 Å². The third-order valence-electron chi connectivity index (χ3n) is 3.06. The molecule has 0 aliphatic rings. The van der Waals surface area contributed by atoms with Crippen molar-refractivity contribution in [1.29, 1.82) is 0 Å². The van der Waals surface area contributed by atoms with E-state index in [9.17, 15) is 0 Å². The second kappa shape index (κ2) is 7.47. The van der Waals surface area contributed by atoms with Gasteiger partial charge in [0, 0.05) is 37.6 Å². The van der Waals surface area contributed by atoms with Crippen LogP contribution >= 0.6 is 0 Å². The standard InChI is InChI=1S/C14H22N6/c1-3-5-16-13-12(4-2)14(19-10-18-13)17-7-9-20-8-6-15-11-20/h6,8,10-11H,3-5,7,9H2,1-2H3,(H2,16,17,18,19). The molecule has 0 saturated heterocycles. The maximum atomic E-state index is 4.35. The molecule has 2 rings (SSSR count). The van der Waals surface area contributed by atoms with Crippen molar-refractivity contribution in [3.63, 3.8) is 0 Å². The van der Waals surface area contributed by atoms with E-state index in [-0.39, 0.29) is 0 Å². The Kier molecular flexibility index (Phi) is 5.34. The summed E-state index contributed by atoms with van der Waals surface area (Å²) in [6.45, 7) is 6.87. The summed E-state index contributed by atoms with van der Waals surface area (Å²) in [5.41, 5.74) is 1.14. The molecule has 2 aromatic rings. The van der Waals surface area contributed by atoms with Crippen LogP contribution in [0.25, 0.3) is 0 Å². The van der Waals surface area contributed by atoms with E-state index in [1.165, 1.54) is 0 Å². The van der Waals surface area contributed by atoms with Crippen molar-refractivity contribution in [2.75, 3.05) is 23.7 Å². The van der Waals surface area contributed by atoms with E-state index in [0.717, 1.165) is 49.7 Å². The molecule has 0 unspecified atom stereocenters. The molecular formula is C14H22N6. The minimum absolute atomic E-state index is 0.813. The van der Waals surface area contributed by atoms with Crippen molar-refractivity contribution in [2.24, 2.45) is 0 Å². The van der Waals surface area contributed by atoms with E-state index < -0.39 is 0 Å². The molecule has 6 heteroatoms. The summed E-state index contributed by atoms with van der Waals surface area (Å²) >= 11 is 0. The fourth-order valence-electron chi connectivity index (χ4n) is 2.02. The summed E-state index contributed by atoms with van der Waals surface area (Å²) in [5, 5.41) is 6.73. The van der Waals surface area contributed by atoms with Gasteiger partial charge in [-0.15, -0.1) is 0 Å². The van der Waals surface area contributed by atoms with Crippen LogP contribution in [0.5, 0.6) is 0 Å². The first kappa shape index (κ1) is 14.3. The summed E-state index contributed by atoms with van der Waals surface area (Å²) in [7, 11) is 0. The van der Waals surface area contributed by atoms with Crippen LogP contribution in [0, 0.1) is 0 Å². The fourth-order valence-corrected chi connectivity index (χ4v) is 2.02. The van der Waals surface area contributed by atoms with Gasteiger partial charge in [0.1, 0.15) is 18.0 Å². The Morgan fingerprint density at radius 3 is 2.45 bits per heavy atom. The van der Waals surface area contributed by atoms with Gasteiger partial charge in [0.2, 0.25) is 0 Å². The van der Waals surface area contributed by atoms with Gasteiger partial charge in [-0.2, -0.15) is 0 Å². The van der Waals surface area contributed by atoms with Gasteiger partial charge in [-0.05, 0) is 12.8 Å². The van der Waals surface area contributed by atoms with Crippen LogP contribution in [0.4, 0.5) is 11.6 Å². The average molecular weight is 274 g/mol. The monoisotopic (exact) mass is 274 g/mol. The first-order valence-corrected chi connectivity index (χ1v) is 7.12. The van der Waals surface area contributed by atoms with Gasteiger partial charge in [0.05, 0.1) is 6.33 Å². The van der Waals surface area contributed by atoms with Gasteiger partial charge >= 0.3 is 0 Å². The minimum atomic E-state index is 0.813. The van der Waals surface area contributed by atoms with Gasteiger partial charge in [0.25, 0.3) is 0 Å². The second-order valence-electron chi connectivity index (χ2n) is 4.56. The molecule has 0 saturated carbocycles. The van der Waals surface area contributed by atoms with Crippen LogP contribution in [0.3, 0.4) is 0 Å². The molecule has 0 amide bonds.